The average Bonchev–Trinajstić information content (AvgIpc) is 2.89. The summed E-state index contributed by atoms with van der Waals surface area (Å²) in [5, 5.41) is 21.5. The summed E-state index contributed by atoms with van der Waals surface area (Å²) in [6.07, 6.45) is 0. The summed E-state index contributed by atoms with van der Waals surface area (Å²) in [7, 11) is 0. The molecule has 0 unspecified atom stereocenters. The molecule has 0 aromatic heterocycles. The maximum Gasteiger partial charge on any atom is 0.338 e. The van der Waals surface area contributed by atoms with Gasteiger partial charge in [-0.15, -0.1) is 0 Å². The molecule has 0 aliphatic heterocycles. The Hall–Kier alpha value is -5.25. The van der Waals surface area contributed by atoms with Crippen molar-refractivity contribution in [3.05, 3.63) is 128 Å². The highest BCUT2D eigenvalue weighted by molar-refractivity contribution is 5.89. The average molecular weight is 486 g/mol. The molecule has 10 heteroatoms. The number of nitrogens with zero attached hydrogens (tertiary/aromatic N) is 2. The Bertz CT molecular complexity index is 1390. The van der Waals surface area contributed by atoms with E-state index in [2.05, 4.69) is 0 Å². The van der Waals surface area contributed by atoms with Gasteiger partial charge in [-0.3, -0.25) is 20.2 Å². The van der Waals surface area contributed by atoms with Crippen molar-refractivity contribution in [3.8, 4) is 23.0 Å². The largest absolute Gasteiger partial charge is 0.457 e. The fourth-order valence-corrected chi connectivity index (χ4v) is 3.12. The SMILES string of the molecule is O=C(OCc1ccc(Oc2ccc([N+](=O)[O-])cc2)cc1)c1cccc(Oc2ccc([N+](=O)[O-])cc2)c1. The van der Waals surface area contributed by atoms with Gasteiger partial charge in [0.2, 0.25) is 0 Å². The lowest BCUT2D eigenvalue weighted by molar-refractivity contribution is -0.385. The van der Waals surface area contributed by atoms with Crippen LogP contribution < -0.4 is 9.47 Å². The van der Waals surface area contributed by atoms with Gasteiger partial charge in [0, 0.05) is 24.3 Å². The summed E-state index contributed by atoms with van der Waals surface area (Å²) in [5.41, 5.74) is 0.943. The summed E-state index contributed by atoms with van der Waals surface area (Å²) in [4.78, 5) is 33.0. The molecule has 0 fully saturated rings. The van der Waals surface area contributed by atoms with Crippen LogP contribution in [0.25, 0.3) is 0 Å². The molecule has 10 nitrogen and oxygen atoms in total. The Morgan fingerprint density at radius 3 is 1.61 bits per heavy atom. The van der Waals surface area contributed by atoms with Crippen molar-refractivity contribution < 1.29 is 28.9 Å². The number of benzene rings is 4. The standard InChI is InChI=1S/C26H18N2O8/c29-26(19-2-1-3-25(16-19)36-24-14-8-21(9-15-24)28(32)33)34-17-18-4-10-22(11-5-18)35-23-12-6-20(7-13-23)27(30)31/h1-16H,17H2. The molecule has 0 heterocycles. The molecule has 0 spiro atoms. The lowest BCUT2D eigenvalue weighted by Crippen LogP contribution is -2.05. The topological polar surface area (TPSA) is 131 Å². The first-order valence-electron chi connectivity index (χ1n) is 10.6. The van der Waals surface area contributed by atoms with Crippen molar-refractivity contribution in [3.63, 3.8) is 0 Å². The van der Waals surface area contributed by atoms with Crippen molar-refractivity contribution in [2.24, 2.45) is 0 Å². The van der Waals surface area contributed by atoms with Crippen molar-refractivity contribution in [1.82, 2.24) is 0 Å². The van der Waals surface area contributed by atoms with Gasteiger partial charge in [-0.2, -0.15) is 0 Å². The number of carbonyl (C=O) groups excluding carboxylic acids is 1. The van der Waals surface area contributed by atoms with Crippen molar-refractivity contribution in [2.75, 3.05) is 0 Å². The van der Waals surface area contributed by atoms with Crippen LogP contribution in [-0.2, 0) is 11.3 Å². The van der Waals surface area contributed by atoms with Crippen molar-refractivity contribution >= 4 is 17.3 Å². The van der Waals surface area contributed by atoms with E-state index in [-0.39, 0.29) is 23.5 Å². The molecule has 0 amide bonds. The third kappa shape index (κ3) is 6.20. The van der Waals surface area contributed by atoms with Crippen LogP contribution in [0.15, 0.2) is 97.1 Å². The van der Waals surface area contributed by atoms with E-state index < -0.39 is 15.8 Å². The minimum atomic E-state index is -0.546. The third-order valence-electron chi connectivity index (χ3n) is 4.93. The number of carbonyl (C=O) groups is 1. The van der Waals surface area contributed by atoms with Crippen LogP contribution >= 0.6 is 0 Å². The van der Waals surface area contributed by atoms with Gasteiger partial charge >= 0.3 is 5.97 Å². The van der Waals surface area contributed by atoms with E-state index in [1.165, 1.54) is 54.6 Å². The first-order valence-corrected chi connectivity index (χ1v) is 10.6. The van der Waals surface area contributed by atoms with E-state index in [4.69, 9.17) is 14.2 Å². The highest BCUT2D eigenvalue weighted by atomic mass is 16.6. The lowest BCUT2D eigenvalue weighted by atomic mass is 10.2. The number of hydrogen-bond donors (Lipinski definition) is 0. The maximum absolute atomic E-state index is 12.5. The first kappa shape index (κ1) is 23.9. The van der Waals surface area contributed by atoms with Gasteiger partial charge in [-0.25, -0.2) is 4.79 Å². The van der Waals surface area contributed by atoms with Gasteiger partial charge in [-0.1, -0.05) is 18.2 Å². The molecule has 0 N–H and O–H groups in total. The minimum absolute atomic E-state index is 0.0250. The summed E-state index contributed by atoms with van der Waals surface area (Å²) < 4.78 is 16.7. The molecule has 4 aromatic rings. The number of nitro groups is 2. The van der Waals surface area contributed by atoms with E-state index in [0.717, 1.165) is 5.56 Å². The van der Waals surface area contributed by atoms with E-state index in [1.807, 2.05) is 0 Å². The molecular weight excluding hydrogens is 468 g/mol. The zero-order chi connectivity index (χ0) is 25.5. The molecule has 0 aliphatic rings. The zero-order valence-corrected chi connectivity index (χ0v) is 18.6. The second kappa shape index (κ2) is 10.8. The monoisotopic (exact) mass is 486 g/mol. The van der Waals surface area contributed by atoms with Crippen molar-refractivity contribution in [2.45, 2.75) is 6.61 Å². The van der Waals surface area contributed by atoms with Gasteiger partial charge in [0.25, 0.3) is 11.4 Å². The second-order valence-electron chi connectivity index (χ2n) is 7.45. The fourth-order valence-electron chi connectivity index (χ4n) is 3.12. The number of hydrogen-bond acceptors (Lipinski definition) is 8. The number of rotatable bonds is 9. The third-order valence-corrected chi connectivity index (χ3v) is 4.93. The molecule has 180 valence electrons. The molecule has 4 aromatic carbocycles. The molecule has 36 heavy (non-hydrogen) atoms. The minimum Gasteiger partial charge on any atom is -0.457 e. The van der Waals surface area contributed by atoms with Crippen LogP contribution in [0.4, 0.5) is 11.4 Å². The van der Waals surface area contributed by atoms with Gasteiger partial charge in [-0.05, 0) is 60.2 Å². The molecule has 0 radical (unpaired) electrons. The van der Waals surface area contributed by atoms with Crippen LogP contribution in [0.2, 0.25) is 0 Å². The fraction of sp³-hybridized carbons (Fsp3) is 0.0385. The van der Waals surface area contributed by atoms with Gasteiger partial charge in [0.1, 0.15) is 29.6 Å². The maximum atomic E-state index is 12.5. The quantitative estimate of drug-likeness (QED) is 0.150. The number of nitro benzene ring substituents is 2. The van der Waals surface area contributed by atoms with E-state index in [9.17, 15) is 25.0 Å². The Balaban J connectivity index is 1.32. The van der Waals surface area contributed by atoms with E-state index >= 15 is 0 Å². The predicted octanol–water partition coefficient (Wildman–Crippen LogP) is 6.44. The number of esters is 1. The summed E-state index contributed by atoms with van der Waals surface area (Å²) >= 11 is 0. The number of ether oxygens (including phenoxy) is 3. The molecule has 0 atom stereocenters. The smallest absolute Gasteiger partial charge is 0.338 e. The van der Waals surface area contributed by atoms with E-state index in [0.29, 0.717) is 23.0 Å². The van der Waals surface area contributed by atoms with Gasteiger partial charge in [0.15, 0.2) is 0 Å². The Labute approximate surface area is 204 Å². The summed E-state index contributed by atoms with van der Waals surface area (Å²) in [5.74, 6) is 1.20. The van der Waals surface area contributed by atoms with Crippen LogP contribution in [0.1, 0.15) is 15.9 Å². The lowest BCUT2D eigenvalue weighted by Gasteiger charge is -2.09. The van der Waals surface area contributed by atoms with Gasteiger partial charge in [0.05, 0.1) is 15.4 Å². The summed E-state index contributed by atoms with van der Waals surface area (Å²) in [6.45, 7) is 0.0318. The first-order chi connectivity index (χ1) is 17.4. The van der Waals surface area contributed by atoms with E-state index in [1.54, 1.807) is 42.5 Å². The Kier molecular flexibility index (Phi) is 7.16. The molecule has 4 rings (SSSR count). The molecule has 0 bridgehead atoms. The van der Waals surface area contributed by atoms with Crippen molar-refractivity contribution in [1.29, 1.82) is 0 Å². The molecule has 0 aliphatic carbocycles. The molecular formula is C26H18N2O8. The van der Waals surface area contributed by atoms with Crippen LogP contribution in [0.3, 0.4) is 0 Å². The predicted molar refractivity (Wildman–Crippen MR) is 128 cm³/mol. The highest BCUT2D eigenvalue weighted by Crippen LogP contribution is 2.26. The molecule has 0 saturated heterocycles. The highest BCUT2D eigenvalue weighted by Gasteiger charge is 2.11. The normalized spacial score (nSPS) is 10.3. The van der Waals surface area contributed by atoms with Crippen LogP contribution in [0.5, 0.6) is 23.0 Å². The van der Waals surface area contributed by atoms with Crippen LogP contribution in [0, 0.1) is 20.2 Å². The number of non-ortho nitro benzene ring substituents is 2. The summed E-state index contributed by atoms with van der Waals surface area (Å²) in [6, 6.07) is 24.6. The van der Waals surface area contributed by atoms with Crippen LogP contribution in [-0.4, -0.2) is 15.8 Å². The Morgan fingerprint density at radius 2 is 1.11 bits per heavy atom. The Morgan fingerprint density at radius 1 is 0.639 bits per heavy atom. The zero-order valence-electron chi connectivity index (χ0n) is 18.6. The second-order valence-corrected chi connectivity index (χ2v) is 7.45. The van der Waals surface area contributed by atoms with Gasteiger partial charge < -0.3 is 14.2 Å². The molecule has 0 saturated carbocycles.